The van der Waals surface area contributed by atoms with Crippen molar-refractivity contribution in [1.82, 2.24) is 0 Å². The first-order valence-corrected chi connectivity index (χ1v) is 4.29. The van der Waals surface area contributed by atoms with Gasteiger partial charge in [-0.1, -0.05) is 18.2 Å². The second-order valence-electron chi connectivity index (χ2n) is 2.89. The van der Waals surface area contributed by atoms with Gasteiger partial charge in [-0.2, -0.15) is 0 Å². The molecular formula is C10H16O. The minimum atomic E-state index is 0.764. The van der Waals surface area contributed by atoms with Crippen molar-refractivity contribution in [3.8, 4) is 0 Å². The number of epoxide rings is 1. The lowest BCUT2D eigenvalue weighted by atomic mass is 9.95. The summed E-state index contributed by atoms with van der Waals surface area (Å²) in [6.45, 7) is 5.75. The third-order valence-electron chi connectivity index (χ3n) is 1.85. The molecule has 0 saturated carbocycles. The van der Waals surface area contributed by atoms with Crippen molar-refractivity contribution in [2.45, 2.75) is 19.3 Å². The Morgan fingerprint density at radius 2 is 2.09 bits per heavy atom. The molecule has 1 aliphatic carbocycles. The van der Waals surface area contributed by atoms with E-state index in [1.54, 1.807) is 0 Å². The molecule has 0 N–H and O–H groups in total. The molecule has 1 unspecified atom stereocenters. The highest BCUT2D eigenvalue weighted by atomic mass is 16.6. The van der Waals surface area contributed by atoms with E-state index < -0.39 is 0 Å². The monoisotopic (exact) mass is 152 g/mol. The van der Waals surface area contributed by atoms with Crippen LogP contribution < -0.4 is 0 Å². The van der Waals surface area contributed by atoms with Gasteiger partial charge < -0.3 is 4.74 Å². The van der Waals surface area contributed by atoms with Gasteiger partial charge in [-0.3, -0.25) is 0 Å². The summed E-state index contributed by atoms with van der Waals surface area (Å²) in [7, 11) is 0. The second-order valence-corrected chi connectivity index (χ2v) is 2.89. The van der Waals surface area contributed by atoms with E-state index in [1.807, 2.05) is 0 Å². The van der Waals surface area contributed by atoms with Gasteiger partial charge in [0.15, 0.2) is 0 Å². The van der Waals surface area contributed by atoms with Gasteiger partial charge in [0.2, 0.25) is 0 Å². The molecule has 1 atom stereocenters. The van der Waals surface area contributed by atoms with Gasteiger partial charge in [0, 0.05) is 0 Å². The van der Waals surface area contributed by atoms with E-state index in [0.29, 0.717) is 0 Å². The number of rotatable bonds is 1. The fourth-order valence-corrected chi connectivity index (χ4v) is 1.03. The van der Waals surface area contributed by atoms with Crippen LogP contribution in [0.3, 0.4) is 0 Å². The fourth-order valence-electron chi connectivity index (χ4n) is 1.03. The van der Waals surface area contributed by atoms with Gasteiger partial charge in [-0.05, 0) is 25.2 Å². The summed E-state index contributed by atoms with van der Waals surface area (Å²) in [6.07, 6.45) is 10.3. The predicted octanol–water partition coefficient (Wildman–Crippen LogP) is 2.55. The van der Waals surface area contributed by atoms with Crippen molar-refractivity contribution < 1.29 is 4.74 Å². The zero-order valence-corrected chi connectivity index (χ0v) is 6.96. The maximum atomic E-state index is 4.50. The van der Waals surface area contributed by atoms with Crippen molar-refractivity contribution in [2.24, 2.45) is 5.92 Å². The standard InChI is InChI=1S/C8H12.C2H4O/c1-2-8-6-4-3-5-7-8;1-2-3-1/h2-4,8H,1,5-7H2;1-2H2. The highest BCUT2D eigenvalue weighted by Gasteiger charge is 2.02. The smallest absolute Gasteiger partial charge is 0.0701 e. The van der Waals surface area contributed by atoms with Crippen LogP contribution in [0, 0.1) is 5.92 Å². The van der Waals surface area contributed by atoms with Gasteiger partial charge in [0.1, 0.15) is 0 Å². The first-order chi connectivity index (χ1) is 5.43. The summed E-state index contributed by atoms with van der Waals surface area (Å²) >= 11 is 0. The van der Waals surface area contributed by atoms with E-state index in [9.17, 15) is 0 Å². The van der Waals surface area contributed by atoms with Crippen molar-refractivity contribution >= 4 is 0 Å². The lowest BCUT2D eigenvalue weighted by Crippen LogP contribution is -1.96. The molecule has 11 heavy (non-hydrogen) atoms. The Hall–Kier alpha value is -0.560. The molecule has 1 saturated heterocycles. The van der Waals surface area contributed by atoms with E-state index in [1.165, 1.54) is 19.3 Å². The molecule has 0 aromatic heterocycles. The highest BCUT2D eigenvalue weighted by Crippen LogP contribution is 2.17. The third-order valence-corrected chi connectivity index (χ3v) is 1.85. The Morgan fingerprint density at radius 3 is 2.36 bits per heavy atom. The Bertz CT molecular complexity index is 133. The Morgan fingerprint density at radius 1 is 1.36 bits per heavy atom. The average molecular weight is 152 g/mol. The zero-order chi connectivity index (χ0) is 7.94. The highest BCUT2D eigenvalue weighted by molar-refractivity contribution is 4.95. The molecule has 1 heteroatoms. The molecule has 1 aliphatic heterocycles. The number of ether oxygens (including phenoxy) is 1. The maximum Gasteiger partial charge on any atom is 0.0701 e. The molecule has 0 amide bonds. The van der Waals surface area contributed by atoms with Crippen LogP contribution in [0.1, 0.15) is 19.3 Å². The maximum absolute atomic E-state index is 4.50. The first kappa shape index (κ1) is 8.54. The molecule has 0 aromatic rings. The van der Waals surface area contributed by atoms with E-state index in [-0.39, 0.29) is 0 Å². The van der Waals surface area contributed by atoms with Gasteiger partial charge >= 0.3 is 0 Å². The van der Waals surface area contributed by atoms with Crippen molar-refractivity contribution in [2.75, 3.05) is 13.2 Å². The topological polar surface area (TPSA) is 12.5 Å². The molecule has 62 valence electrons. The summed E-state index contributed by atoms with van der Waals surface area (Å²) in [5, 5.41) is 0. The second kappa shape index (κ2) is 5.14. The van der Waals surface area contributed by atoms with Crippen LogP contribution in [0.15, 0.2) is 24.8 Å². The molecule has 0 spiro atoms. The van der Waals surface area contributed by atoms with E-state index >= 15 is 0 Å². The zero-order valence-electron chi connectivity index (χ0n) is 6.96. The van der Waals surface area contributed by atoms with Crippen molar-refractivity contribution in [3.63, 3.8) is 0 Å². The van der Waals surface area contributed by atoms with Crippen LogP contribution in [0.25, 0.3) is 0 Å². The molecular weight excluding hydrogens is 136 g/mol. The lowest BCUT2D eigenvalue weighted by molar-refractivity contribution is 0.475. The summed E-state index contributed by atoms with van der Waals surface area (Å²) in [4.78, 5) is 0. The van der Waals surface area contributed by atoms with Gasteiger partial charge in [-0.15, -0.1) is 6.58 Å². The molecule has 2 rings (SSSR count). The lowest BCUT2D eigenvalue weighted by Gasteiger charge is -2.11. The third kappa shape index (κ3) is 4.79. The van der Waals surface area contributed by atoms with Crippen LogP contribution in [0.2, 0.25) is 0 Å². The summed E-state index contributed by atoms with van der Waals surface area (Å²) in [6, 6.07) is 0. The molecule has 0 bridgehead atoms. The molecule has 0 aromatic carbocycles. The first-order valence-electron chi connectivity index (χ1n) is 4.29. The van der Waals surface area contributed by atoms with E-state index in [0.717, 1.165) is 19.1 Å². The molecule has 1 nitrogen and oxygen atoms in total. The van der Waals surface area contributed by atoms with Crippen LogP contribution in [-0.4, -0.2) is 13.2 Å². The van der Waals surface area contributed by atoms with Gasteiger partial charge in [0.25, 0.3) is 0 Å². The van der Waals surface area contributed by atoms with Crippen LogP contribution in [-0.2, 0) is 4.74 Å². The fraction of sp³-hybridized carbons (Fsp3) is 0.600. The largest absolute Gasteiger partial charge is 0.377 e. The van der Waals surface area contributed by atoms with Crippen LogP contribution in [0.5, 0.6) is 0 Å². The SMILES string of the molecule is C1CO1.C=CC1CC=CCC1. The minimum absolute atomic E-state index is 0.764. The predicted molar refractivity (Wildman–Crippen MR) is 47.5 cm³/mol. The van der Waals surface area contributed by atoms with Crippen LogP contribution in [0.4, 0.5) is 0 Å². The number of hydrogen-bond acceptors (Lipinski definition) is 1. The summed E-state index contributed by atoms with van der Waals surface area (Å²) in [5.41, 5.74) is 0. The Kier molecular flexibility index (Phi) is 3.99. The Labute approximate surface area is 68.8 Å². The van der Waals surface area contributed by atoms with Gasteiger partial charge in [-0.25, -0.2) is 0 Å². The number of allylic oxidation sites excluding steroid dienone is 3. The Balaban J connectivity index is 0.000000167. The molecule has 2 aliphatic rings. The quantitative estimate of drug-likeness (QED) is 0.415. The van der Waals surface area contributed by atoms with Crippen LogP contribution >= 0.6 is 0 Å². The number of hydrogen-bond donors (Lipinski definition) is 0. The molecule has 0 radical (unpaired) electrons. The molecule has 1 fully saturated rings. The molecule has 1 heterocycles. The van der Waals surface area contributed by atoms with Gasteiger partial charge in [0.05, 0.1) is 13.2 Å². The minimum Gasteiger partial charge on any atom is -0.377 e. The van der Waals surface area contributed by atoms with Crippen molar-refractivity contribution in [3.05, 3.63) is 24.8 Å². The van der Waals surface area contributed by atoms with Crippen molar-refractivity contribution in [1.29, 1.82) is 0 Å². The van der Waals surface area contributed by atoms with E-state index in [2.05, 4.69) is 29.5 Å². The summed E-state index contributed by atoms with van der Waals surface area (Å²) < 4.78 is 4.50. The summed E-state index contributed by atoms with van der Waals surface area (Å²) in [5.74, 6) is 0.764. The average Bonchev–Trinajstić information content (AvgIpc) is 2.92. The normalized spacial score (nSPS) is 26.7. The van der Waals surface area contributed by atoms with E-state index in [4.69, 9.17) is 0 Å².